The van der Waals surface area contributed by atoms with E-state index in [0.717, 1.165) is 29.7 Å². The predicted molar refractivity (Wildman–Crippen MR) is 106 cm³/mol. The zero-order valence-electron chi connectivity index (χ0n) is 15.8. The molecule has 1 amide bonds. The number of hydrogen-bond donors (Lipinski definition) is 0. The highest BCUT2D eigenvalue weighted by Gasteiger charge is 2.25. The molecule has 0 bridgehead atoms. The Kier molecular flexibility index (Phi) is 5.41. The first-order valence-corrected chi connectivity index (χ1v) is 10.6. The molecule has 0 radical (unpaired) electrons. The van der Waals surface area contributed by atoms with Crippen LogP contribution in [-0.2, 0) is 23.0 Å². The highest BCUT2D eigenvalue weighted by molar-refractivity contribution is 7.92. The Hall–Kier alpha value is -2.54. The first-order chi connectivity index (χ1) is 12.8. The van der Waals surface area contributed by atoms with Crippen LogP contribution in [0, 0.1) is 0 Å². The summed E-state index contributed by atoms with van der Waals surface area (Å²) >= 11 is 0. The maximum atomic E-state index is 12.9. The molecule has 2 aromatic rings. The maximum absolute atomic E-state index is 12.9. The van der Waals surface area contributed by atoms with E-state index in [1.807, 2.05) is 30.3 Å². The summed E-state index contributed by atoms with van der Waals surface area (Å²) in [7, 11) is 0.0428. The SMILES string of the molecule is COc1ccccc1CN(C)C(=O)c1ccc2c(c1)CCCN2S(C)(=O)=O. The predicted octanol–water partition coefficient (Wildman–Crippen LogP) is 2.68. The molecule has 1 aliphatic rings. The summed E-state index contributed by atoms with van der Waals surface area (Å²) in [6.07, 6.45) is 2.72. The molecule has 0 unspecified atom stereocenters. The van der Waals surface area contributed by atoms with Gasteiger partial charge in [0.15, 0.2) is 0 Å². The Morgan fingerprint density at radius 3 is 2.67 bits per heavy atom. The number of carbonyl (C=O) groups is 1. The second-order valence-electron chi connectivity index (χ2n) is 6.76. The van der Waals surface area contributed by atoms with Gasteiger partial charge in [0, 0.05) is 31.3 Å². The van der Waals surface area contributed by atoms with Gasteiger partial charge in [-0.05, 0) is 42.7 Å². The van der Waals surface area contributed by atoms with Crippen LogP contribution in [0.2, 0.25) is 0 Å². The van der Waals surface area contributed by atoms with E-state index in [1.54, 1.807) is 31.2 Å². The lowest BCUT2D eigenvalue weighted by molar-refractivity contribution is 0.0784. The van der Waals surface area contributed by atoms with Crippen LogP contribution < -0.4 is 9.04 Å². The summed E-state index contributed by atoms with van der Waals surface area (Å²) in [6.45, 7) is 0.905. The number of carbonyl (C=O) groups excluding carboxylic acids is 1. The minimum absolute atomic E-state index is 0.111. The van der Waals surface area contributed by atoms with Crippen LogP contribution in [0.5, 0.6) is 5.75 Å². The molecule has 0 fully saturated rings. The van der Waals surface area contributed by atoms with Crippen LogP contribution in [0.25, 0.3) is 0 Å². The average Bonchev–Trinajstić information content (AvgIpc) is 2.66. The van der Waals surface area contributed by atoms with Gasteiger partial charge in [0.1, 0.15) is 5.75 Å². The van der Waals surface area contributed by atoms with Gasteiger partial charge in [-0.15, -0.1) is 0 Å². The van der Waals surface area contributed by atoms with E-state index in [0.29, 0.717) is 24.3 Å². The molecular weight excluding hydrogens is 364 g/mol. The Balaban J connectivity index is 1.83. The molecule has 3 rings (SSSR count). The third-order valence-electron chi connectivity index (χ3n) is 4.75. The number of amides is 1. The van der Waals surface area contributed by atoms with Crippen molar-refractivity contribution >= 4 is 21.6 Å². The van der Waals surface area contributed by atoms with Crippen molar-refractivity contribution in [1.82, 2.24) is 4.90 Å². The minimum atomic E-state index is -3.31. The van der Waals surface area contributed by atoms with Gasteiger partial charge in [0.2, 0.25) is 10.0 Å². The zero-order chi connectivity index (χ0) is 19.6. The molecule has 0 atom stereocenters. The molecule has 6 nitrogen and oxygen atoms in total. The summed E-state index contributed by atoms with van der Waals surface area (Å²) < 4.78 is 30.7. The number of para-hydroxylation sites is 1. The first kappa shape index (κ1) is 19.2. The molecule has 27 heavy (non-hydrogen) atoms. The van der Waals surface area contributed by atoms with Crippen molar-refractivity contribution in [3.8, 4) is 5.75 Å². The van der Waals surface area contributed by atoms with Crippen LogP contribution in [0.3, 0.4) is 0 Å². The average molecular weight is 388 g/mol. The van der Waals surface area contributed by atoms with Crippen LogP contribution in [-0.4, -0.2) is 46.2 Å². The fourth-order valence-electron chi connectivity index (χ4n) is 3.42. The van der Waals surface area contributed by atoms with Crippen LogP contribution in [0.4, 0.5) is 5.69 Å². The first-order valence-electron chi connectivity index (χ1n) is 8.79. The van der Waals surface area contributed by atoms with E-state index < -0.39 is 10.0 Å². The number of rotatable bonds is 5. The largest absolute Gasteiger partial charge is 0.496 e. The van der Waals surface area contributed by atoms with Crippen LogP contribution in [0.1, 0.15) is 27.9 Å². The molecule has 0 saturated heterocycles. The van der Waals surface area contributed by atoms with Gasteiger partial charge < -0.3 is 9.64 Å². The zero-order valence-corrected chi connectivity index (χ0v) is 16.6. The number of fused-ring (bicyclic) bond motifs is 1. The van der Waals surface area contributed by atoms with Gasteiger partial charge in [-0.2, -0.15) is 0 Å². The third kappa shape index (κ3) is 4.08. The maximum Gasteiger partial charge on any atom is 0.253 e. The fraction of sp³-hybridized carbons (Fsp3) is 0.350. The van der Waals surface area contributed by atoms with E-state index in [-0.39, 0.29) is 5.91 Å². The molecule has 0 aromatic heterocycles. The van der Waals surface area contributed by atoms with E-state index in [1.165, 1.54) is 10.6 Å². The van der Waals surface area contributed by atoms with Crippen molar-refractivity contribution in [2.24, 2.45) is 0 Å². The van der Waals surface area contributed by atoms with Gasteiger partial charge in [-0.25, -0.2) is 8.42 Å². The Morgan fingerprint density at radius 1 is 1.22 bits per heavy atom. The minimum Gasteiger partial charge on any atom is -0.496 e. The summed E-state index contributed by atoms with van der Waals surface area (Å²) in [6, 6.07) is 12.8. The summed E-state index contributed by atoms with van der Waals surface area (Å²) in [5.41, 5.74) is 3.05. The van der Waals surface area contributed by atoms with Gasteiger partial charge in [0.25, 0.3) is 5.91 Å². The number of methoxy groups -OCH3 is 1. The molecule has 0 aliphatic carbocycles. The summed E-state index contributed by atoms with van der Waals surface area (Å²) in [5.74, 6) is 0.631. The van der Waals surface area contributed by atoms with E-state index in [9.17, 15) is 13.2 Å². The molecule has 0 saturated carbocycles. The number of sulfonamides is 1. The van der Waals surface area contributed by atoms with Gasteiger partial charge in [0.05, 0.1) is 19.1 Å². The van der Waals surface area contributed by atoms with Crippen LogP contribution in [0.15, 0.2) is 42.5 Å². The Labute approximate surface area is 160 Å². The topological polar surface area (TPSA) is 66.9 Å². The van der Waals surface area contributed by atoms with Crippen molar-refractivity contribution in [2.75, 3.05) is 31.3 Å². The molecule has 144 valence electrons. The normalized spacial score (nSPS) is 13.8. The lowest BCUT2D eigenvalue weighted by atomic mass is 10.00. The molecule has 0 spiro atoms. The van der Waals surface area contributed by atoms with E-state index in [2.05, 4.69) is 0 Å². The second-order valence-corrected chi connectivity index (χ2v) is 8.66. The van der Waals surface area contributed by atoms with Crippen molar-refractivity contribution in [3.63, 3.8) is 0 Å². The molecule has 2 aromatic carbocycles. The number of ether oxygens (including phenoxy) is 1. The van der Waals surface area contributed by atoms with Crippen LogP contribution >= 0.6 is 0 Å². The lowest BCUT2D eigenvalue weighted by Gasteiger charge is -2.29. The third-order valence-corrected chi connectivity index (χ3v) is 5.93. The molecule has 1 heterocycles. The van der Waals surface area contributed by atoms with Gasteiger partial charge in [-0.1, -0.05) is 18.2 Å². The molecule has 1 aliphatic heterocycles. The summed E-state index contributed by atoms with van der Waals surface area (Å²) in [5, 5.41) is 0. The molecule has 0 N–H and O–H groups in total. The number of benzene rings is 2. The van der Waals surface area contributed by atoms with Crippen molar-refractivity contribution in [2.45, 2.75) is 19.4 Å². The Bertz CT molecular complexity index is 956. The van der Waals surface area contributed by atoms with Gasteiger partial charge >= 0.3 is 0 Å². The highest BCUT2D eigenvalue weighted by Crippen LogP contribution is 2.30. The van der Waals surface area contributed by atoms with Crippen molar-refractivity contribution < 1.29 is 17.9 Å². The quantitative estimate of drug-likeness (QED) is 0.790. The van der Waals surface area contributed by atoms with Gasteiger partial charge in [-0.3, -0.25) is 9.10 Å². The van der Waals surface area contributed by atoms with E-state index >= 15 is 0 Å². The Morgan fingerprint density at radius 2 is 1.96 bits per heavy atom. The number of nitrogens with zero attached hydrogens (tertiary/aromatic N) is 2. The highest BCUT2D eigenvalue weighted by atomic mass is 32.2. The fourth-order valence-corrected chi connectivity index (χ4v) is 4.42. The monoisotopic (exact) mass is 388 g/mol. The number of anilines is 1. The standard InChI is InChI=1S/C20H24N2O4S/c1-21(14-17-7-4-5-9-19(17)26-2)20(23)16-10-11-18-15(13-16)8-6-12-22(18)27(3,24)25/h4-5,7,9-11,13H,6,8,12,14H2,1-3H3. The number of aryl methyl sites for hydroxylation is 1. The molecule has 7 heteroatoms. The molecular formula is C20H24N2O4S. The van der Waals surface area contributed by atoms with E-state index in [4.69, 9.17) is 4.74 Å². The smallest absolute Gasteiger partial charge is 0.253 e. The van der Waals surface area contributed by atoms with Crippen molar-refractivity contribution in [1.29, 1.82) is 0 Å². The van der Waals surface area contributed by atoms with Crippen molar-refractivity contribution in [3.05, 3.63) is 59.2 Å². The summed E-state index contributed by atoms with van der Waals surface area (Å²) in [4.78, 5) is 14.5. The second kappa shape index (κ2) is 7.60. The lowest BCUT2D eigenvalue weighted by Crippen LogP contribution is -2.35. The number of hydrogen-bond acceptors (Lipinski definition) is 4.